The van der Waals surface area contributed by atoms with Gasteiger partial charge < -0.3 is 41.4 Å². The number of carboxylic acids is 1. The molecule has 150 valence electrons. The van der Waals surface area contributed by atoms with Gasteiger partial charge in [-0.2, -0.15) is 0 Å². The summed E-state index contributed by atoms with van der Waals surface area (Å²) in [6.07, 6.45) is -3.06. The van der Waals surface area contributed by atoms with Crippen LogP contribution in [0, 0.1) is 0 Å². The number of carbonyl (C=O) groups is 2. The predicted molar refractivity (Wildman–Crippen MR) is 94.8 cm³/mol. The lowest BCUT2D eigenvalue weighted by Gasteiger charge is -2.19. The molecule has 0 aliphatic rings. The van der Waals surface area contributed by atoms with E-state index in [0.29, 0.717) is 6.42 Å². The fourth-order valence-corrected chi connectivity index (χ4v) is 2.23. The van der Waals surface area contributed by atoms with Crippen molar-refractivity contribution in [3.05, 3.63) is 36.0 Å². The van der Waals surface area contributed by atoms with E-state index in [1.807, 2.05) is 30.5 Å². The maximum absolute atomic E-state index is 10.6. The molecule has 2 rings (SSSR count). The number of aromatic nitrogens is 1. The molecule has 27 heavy (non-hydrogen) atoms. The second-order valence-corrected chi connectivity index (χ2v) is 5.82. The van der Waals surface area contributed by atoms with Crippen LogP contribution in [0.3, 0.4) is 0 Å². The summed E-state index contributed by atoms with van der Waals surface area (Å²) in [6.45, 7) is -1.69. The summed E-state index contributed by atoms with van der Waals surface area (Å²) in [5.41, 5.74) is 7.43. The lowest BCUT2D eigenvalue weighted by molar-refractivity contribution is -0.142. The number of hydrogen-bond donors (Lipinski definition) is 8. The Balaban J connectivity index is 0.000000279. The van der Waals surface area contributed by atoms with E-state index in [1.54, 1.807) is 0 Å². The molecule has 2 aromatic rings. The summed E-state index contributed by atoms with van der Waals surface area (Å²) in [7, 11) is 0. The minimum atomic E-state index is -1.86. The molecule has 0 amide bonds. The van der Waals surface area contributed by atoms with Crippen LogP contribution < -0.4 is 5.73 Å². The van der Waals surface area contributed by atoms with Crippen LogP contribution in [0.5, 0.6) is 0 Å². The second-order valence-electron chi connectivity index (χ2n) is 5.82. The molecule has 0 bridgehead atoms. The largest absolute Gasteiger partial charge is 0.480 e. The molecule has 0 aliphatic heterocycles. The molecule has 0 radical (unpaired) electrons. The highest BCUT2D eigenvalue weighted by Crippen LogP contribution is 2.18. The standard InChI is InChI=1S/C11H12N2O2.C6H12O6/c12-9(11(14)15)5-7-6-13-10-4-2-1-3-8(7)10;7-1-3(9)5(11)6(12)4(10)2-8/h1-4,6,9,13H,5,12H2,(H,14,15);3,5-9,11-12H,1-2H2. The van der Waals surface area contributed by atoms with E-state index in [9.17, 15) is 9.59 Å². The smallest absolute Gasteiger partial charge is 0.320 e. The third-order valence-electron chi connectivity index (χ3n) is 3.82. The molecule has 1 aromatic carbocycles. The summed E-state index contributed by atoms with van der Waals surface area (Å²) >= 11 is 0. The van der Waals surface area contributed by atoms with E-state index in [4.69, 9.17) is 36.4 Å². The number of nitrogens with one attached hydrogen (secondary N) is 1. The van der Waals surface area contributed by atoms with E-state index in [0.717, 1.165) is 16.5 Å². The van der Waals surface area contributed by atoms with Gasteiger partial charge in [0.2, 0.25) is 0 Å². The molecule has 0 fully saturated rings. The molecular weight excluding hydrogens is 360 g/mol. The topological polar surface area (TPSA) is 197 Å². The van der Waals surface area contributed by atoms with Crippen molar-refractivity contribution >= 4 is 22.7 Å². The van der Waals surface area contributed by atoms with Crippen LogP contribution in [0.1, 0.15) is 5.56 Å². The normalized spacial score (nSPS) is 15.3. The summed E-state index contributed by atoms with van der Waals surface area (Å²) in [4.78, 5) is 24.2. The molecule has 10 heteroatoms. The number of hydrogen-bond acceptors (Lipinski definition) is 8. The number of H-pyrrole nitrogens is 1. The zero-order valence-electron chi connectivity index (χ0n) is 14.4. The number of carbonyl (C=O) groups excluding carboxylic acids is 1. The Morgan fingerprint density at radius 3 is 2.30 bits per heavy atom. The number of benzene rings is 1. The molecule has 0 aliphatic carbocycles. The van der Waals surface area contributed by atoms with Crippen LogP contribution in [-0.4, -0.2) is 84.9 Å². The van der Waals surface area contributed by atoms with Crippen LogP contribution in [-0.2, 0) is 16.0 Å². The van der Waals surface area contributed by atoms with Crippen LogP contribution >= 0.6 is 0 Å². The van der Waals surface area contributed by atoms with Crippen molar-refractivity contribution < 1.29 is 40.2 Å². The summed E-state index contributed by atoms with van der Waals surface area (Å²) in [5.74, 6) is -1.98. The fraction of sp³-hybridized carbons (Fsp3) is 0.412. The van der Waals surface area contributed by atoms with Gasteiger partial charge in [-0.1, -0.05) is 18.2 Å². The number of fused-ring (bicyclic) bond motifs is 1. The van der Waals surface area contributed by atoms with Crippen molar-refractivity contribution in [2.45, 2.75) is 30.8 Å². The third-order valence-corrected chi connectivity index (χ3v) is 3.82. The molecular formula is C17H24N2O8. The molecule has 10 nitrogen and oxygen atoms in total. The Kier molecular flexibility index (Phi) is 9.02. The first-order valence-corrected chi connectivity index (χ1v) is 8.04. The zero-order chi connectivity index (χ0) is 20.6. The number of ketones is 1. The van der Waals surface area contributed by atoms with Crippen LogP contribution in [0.15, 0.2) is 30.5 Å². The van der Waals surface area contributed by atoms with Crippen molar-refractivity contribution in [1.29, 1.82) is 0 Å². The van der Waals surface area contributed by atoms with Crippen LogP contribution in [0.4, 0.5) is 0 Å². The number of carboxylic acid groups (broad SMARTS) is 1. The first-order chi connectivity index (χ1) is 12.7. The van der Waals surface area contributed by atoms with Crippen molar-refractivity contribution in [3.63, 3.8) is 0 Å². The summed E-state index contributed by atoms with van der Waals surface area (Å²) in [6, 6.07) is 6.91. The van der Waals surface area contributed by atoms with Gasteiger partial charge in [0.05, 0.1) is 6.61 Å². The Hall–Kier alpha value is -2.34. The number of aliphatic carboxylic acids is 1. The van der Waals surface area contributed by atoms with E-state index in [1.165, 1.54) is 0 Å². The molecule has 0 spiro atoms. The van der Waals surface area contributed by atoms with Gasteiger partial charge in [0.1, 0.15) is 31.0 Å². The first-order valence-electron chi connectivity index (χ1n) is 8.04. The molecule has 0 saturated carbocycles. The summed E-state index contributed by atoms with van der Waals surface area (Å²) in [5, 5.41) is 52.8. The number of nitrogens with two attached hydrogens (primary N) is 1. The lowest BCUT2D eigenvalue weighted by atomic mass is 10.1. The maximum atomic E-state index is 10.6. The number of rotatable bonds is 8. The van der Waals surface area contributed by atoms with Gasteiger partial charge in [-0.05, 0) is 11.6 Å². The van der Waals surface area contributed by atoms with Gasteiger partial charge in [0, 0.05) is 23.5 Å². The van der Waals surface area contributed by atoms with Gasteiger partial charge in [0.15, 0.2) is 5.78 Å². The van der Waals surface area contributed by atoms with Gasteiger partial charge in [-0.15, -0.1) is 0 Å². The van der Waals surface area contributed by atoms with Crippen molar-refractivity contribution in [2.75, 3.05) is 13.2 Å². The van der Waals surface area contributed by atoms with Crippen LogP contribution in [0.2, 0.25) is 0 Å². The Labute approximate surface area is 154 Å². The van der Waals surface area contributed by atoms with Crippen molar-refractivity contribution in [3.8, 4) is 0 Å². The fourth-order valence-electron chi connectivity index (χ4n) is 2.23. The molecule has 9 N–H and O–H groups in total. The average molecular weight is 384 g/mol. The average Bonchev–Trinajstić information content (AvgIpc) is 3.08. The maximum Gasteiger partial charge on any atom is 0.320 e. The monoisotopic (exact) mass is 384 g/mol. The van der Waals surface area contributed by atoms with E-state index >= 15 is 0 Å². The highest BCUT2D eigenvalue weighted by molar-refractivity contribution is 5.84. The molecule has 1 aromatic heterocycles. The van der Waals surface area contributed by atoms with E-state index in [-0.39, 0.29) is 0 Å². The lowest BCUT2D eigenvalue weighted by Crippen LogP contribution is -2.44. The predicted octanol–water partition coefficient (Wildman–Crippen LogP) is -2.25. The number of aliphatic hydroxyl groups excluding tert-OH is 5. The number of aliphatic hydroxyl groups is 5. The van der Waals surface area contributed by atoms with Crippen molar-refractivity contribution in [2.24, 2.45) is 5.73 Å². The zero-order valence-corrected chi connectivity index (χ0v) is 14.4. The minimum Gasteiger partial charge on any atom is -0.480 e. The number of para-hydroxylation sites is 1. The highest BCUT2D eigenvalue weighted by Gasteiger charge is 2.28. The highest BCUT2D eigenvalue weighted by atomic mass is 16.4. The second kappa shape index (κ2) is 10.7. The molecule has 1 heterocycles. The SMILES string of the molecule is NC(Cc1c[nH]c2ccccc12)C(=O)O.O=C(CO)C(O)C(O)C(O)CO. The third kappa shape index (κ3) is 6.40. The first kappa shape index (κ1) is 22.7. The van der Waals surface area contributed by atoms with E-state index in [2.05, 4.69) is 4.98 Å². The van der Waals surface area contributed by atoms with Gasteiger partial charge in [0.25, 0.3) is 0 Å². The van der Waals surface area contributed by atoms with Gasteiger partial charge >= 0.3 is 5.97 Å². The minimum absolute atomic E-state index is 0.347. The summed E-state index contributed by atoms with van der Waals surface area (Å²) < 4.78 is 0. The van der Waals surface area contributed by atoms with Gasteiger partial charge in [-0.3, -0.25) is 9.59 Å². The van der Waals surface area contributed by atoms with Gasteiger partial charge in [-0.25, -0.2) is 0 Å². The number of aromatic amines is 1. The number of Topliss-reactive ketones (excluding diaryl/α,β-unsaturated/α-hetero) is 1. The Morgan fingerprint density at radius 1 is 1.11 bits per heavy atom. The van der Waals surface area contributed by atoms with E-state index < -0.39 is 49.3 Å². The molecule has 0 saturated heterocycles. The van der Waals surface area contributed by atoms with Crippen molar-refractivity contribution in [1.82, 2.24) is 4.98 Å². The molecule has 4 atom stereocenters. The van der Waals surface area contributed by atoms with Crippen LogP contribution in [0.25, 0.3) is 10.9 Å². The quantitative estimate of drug-likeness (QED) is 0.248. The molecule has 4 unspecified atom stereocenters. The Bertz CT molecular complexity index is 747. The Morgan fingerprint density at radius 2 is 1.74 bits per heavy atom.